The number of hydrogen-bond acceptors (Lipinski definition) is 0. The highest BCUT2D eigenvalue weighted by Gasteiger charge is 2.62. The molecule has 0 saturated carbocycles. The Balaban J connectivity index is 3.16. The monoisotopic (exact) mass is 356 g/mol. The van der Waals surface area contributed by atoms with Crippen molar-refractivity contribution in [3.8, 4) is 0 Å². The maximum atomic E-state index is 13.0. The molecule has 0 aliphatic heterocycles. The van der Waals surface area contributed by atoms with Gasteiger partial charge < -0.3 is 0 Å². The van der Waals surface area contributed by atoms with Crippen LogP contribution in [0, 0.1) is 0 Å². The van der Waals surface area contributed by atoms with E-state index in [2.05, 4.69) is 15.9 Å². The molecular formula is C9H4BrCl2F5. The Kier molecular flexibility index (Phi) is 4.32. The summed E-state index contributed by atoms with van der Waals surface area (Å²) in [6, 6.07) is 3.22. The van der Waals surface area contributed by atoms with Crippen LogP contribution in [0.3, 0.4) is 0 Å². The van der Waals surface area contributed by atoms with Crippen molar-refractivity contribution < 1.29 is 22.0 Å². The molecule has 0 saturated heterocycles. The average Bonchev–Trinajstić information content (AvgIpc) is 2.13. The van der Waals surface area contributed by atoms with Crippen LogP contribution in [-0.4, -0.2) is 12.1 Å². The first kappa shape index (κ1) is 15.0. The predicted molar refractivity (Wildman–Crippen MR) is 59.1 cm³/mol. The summed E-state index contributed by atoms with van der Waals surface area (Å²) in [7, 11) is 0. The fraction of sp³-hybridized carbons (Fsp3) is 0.333. The molecule has 0 aromatic heterocycles. The molecule has 0 fully saturated rings. The standard InChI is InChI=1S/C9H4BrCl2F5/c10-7(8(13,14)9(15,16)17)4-1-5(11)3-6(12)2-4/h1-3,7H/t7-/m0/s1. The van der Waals surface area contributed by atoms with Crippen LogP contribution < -0.4 is 0 Å². The van der Waals surface area contributed by atoms with Crippen LogP contribution in [-0.2, 0) is 0 Å². The summed E-state index contributed by atoms with van der Waals surface area (Å²) in [5, 5.41) is -0.0372. The lowest BCUT2D eigenvalue weighted by Gasteiger charge is -2.25. The lowest BCUT2D eigenvalue weighted by atomic mass is 10.1. The Morgan fingerprint density at radius 2 is 1.35 bits per heavy atom. The molecule has 0 amide bonds. The van der Waals surface area contributed by atoms with Crippen molar-refractivity contribution in [2.24, 2.45) is 0 Å². The van der Waals surface area contributed by atoms with Crippen molar-refractivity contribution >= 4 is 39.1 Å². The first-order valence-electron chi connectivity index (χ1n) is 4.10. The van der Waals surface area contributed by atoms with Gasteiger partial charge in [-0.25, -0.2) is 0 Å². The van der Waals surface area contributed by atoms with E-state index < -0.39 is 16.9 Å². The van der Waals surface area contributed by atoms with Gasteiger partial charge in [0.25, 0.3) is 0 Å². The van der Waals surface area contributed by atoms with E-state index in [-0.39, 0.29) is 15.6 Å². The molecule has 1 aromatic rings. The van der Waals surface area contributed by atoms with E-state index in [9.17, 15) is 22.0 Å². The van der Waals surface area contributed by atoms with Crippen molar-refractivity contribution in [2.45, 2.75) is 16.9 Å². The number of halogens is 8. The largest absolute Gasteiger partial charge is 0.454 e. The van der Waals surface area contributed by atoms with Gasteiger partial charge in [-0.3, -0.25) is 0 Å². The Morgan fingerprint density at radius 3 is 1.71 bits per heavy atom. The molecule has 1 rings (SSSR count). The first-order chi connectivity index (χ1) is 7.55. The van der Waals surface area contributed by atoms with Gasteiger partial charge in [0.15, 0.2) is 0 Å². The third kappa shape index (κ3) is 3.23. The van der Waals surface area contributed by atoms with E-state index in [0.29, 0.717) is 0 Å². The van der Waals surface area contributed by atoms with E-state index in [1.807, 2.05) is 0 Å². The van der Waals surface area contributed by atoms with E-state index >= 15 is 0 Å². The fourth-order valence-electron chi connectivity index (χ4n) is 1.07. The topological polar surface area (TPSA) is 0 Å². The highest BCUT2D eigenvalue weighted by atomic mass is 79.9. The molecule has 0 N–H and O–H groups in total. The van der Waals surface area contributed by atoms with Gasteiger partial charge in [-0.2, -0.15) is 22.0 Å². The molecule has 8 heteroatoms. The van der Waals surface area contributed by atoms with Gasteiger partial charge in [0.2, 0.25) is 0 Å². The van der Waals surface area contributed by atoms with Crippen LogP contribution in [0.2, 0.25) is 10.0 Å². The van der Waals surface area contributed by atoms with Crippen molar-refractivity contribution in [1.82, 2.24) is 0 Å². The summed E-state index contributed by atoms with van der Waals surface area (Å²) >= 11 is 13.4. The Morgan fingerprint density at radius 1 is 0.941 bits per heavy atom. The SMILES string of the molecule is FC(F)(F)C(F)(F)[C@@H](Br)c1cc(Cl)cc(Cl)c1. The second kappa shape index (κ2) is 4.90. The number of hydrogen-bond donors (Lipinski definition) is 0. The molecule has 0 spiro atoms. The first-order valence-corrected chi connectivity index (χ1v) is 5.77. The van der Waals surface area contributed by atoms with Gasteiger partial charge in [0.1, 0.15) is 4.83 Å². The van der Waals surface area contributed by atoms with Gasteiger partial charge in [0.05, 0.1) is 0 Å². The number of benzene rings is 1. The molecule has 0 aliphatic carbocycles. The molecule has 96 valence electrons. The van der Waals surface area contributed by atoms with Gasteiger partial charge in [-0.05, 0) is 23.8 Å². The third-order valence-electron chi connectivity index (χ3n) is 1.87. The van der Waals surface area contributed by atoms with E-state index in [1.165, 1.54) is 6.07 Å². The average molecular weight is 358 g/mol. The molecule has 0 aliphatic rings. The summed E-state index contributed by atoms with van der Waals surface area (Å²) in [5.41, 5.74) is -0.343. The molecule has 0 heterocycles. The van der Waals surface area contributed by atoms with Gasteiger partial charge in [0, 0.05) is 10.0 Å². The molecule has 0 radical (unpaired) electrons. The van der Waals surface area contributed by atoms with Crippen molar-refractivity contribution in [3.05, 3.63) is 33.8 Å². The van der Waals surface area contributed by atoms with Crippen molar-refractivity contribution in [2.75, 3.05) is 0 Å². The minimum atomic E-state index is -5.66. The van der Waals surface area contributed by atoms with Crippen LogP contribution >= 0.6 is 39.1 Å². The fourth-order valence-corrected chi connectivity index (χ4v) is 2.14. The van der Waals surface area contributed by atoms with Crippen molar-refractivity contribution in [1.29, 1.82) is 0 Å². The molecule has 1 atom stereocenters. The highest BCUT2D eigenvalue weighted by molar-refractivity contribution is 9.09. The summed E-state index contributed by atoms with van der Waals surface area (Å²) < 4.78 is 62.4. The number of alkyl halides is 6. The predicted octanol–water partition coefficient (Wildman–Crippen LogP) is 5.63. The second-order valence-electron chi connectivity index (χ2n) is 3.19. The zero-order chi connectivity index (χ0) is 13.4. The zero-order valence-corrected chi connectivity index (χ0v) is 10.9. The zero-order valence-electron chi connectivity index (χ0n) is 7.83. The quantitative estimate of drug-likeness (QED) is 0.475. The van der Waals surface area contributed by atoms with Crippen LogP contribution in [0.5, 0.6) is 0 Å². The van der Waals surface area contributed by atoms with Crippen LogP contribution in [0.25, 0.3) is 0 Å². The Bertz CT molecular complexity index is 398. The molecule has 0 unspecified atom stereocenters. The van der Waals surface area contributed by atoms with E-state index in [0.717, 1.165) is 12.1 Å². The smallest absolute Gasteiger partial charge is 0.195 e. The minimum absolute atomic E-state index is 0.0186. The van der Waals surface area contributed by atoms with Crippen LogP contribution in [0.15, 0.2) is 18.2 Å². The van der Waals surface area contributed by atoms with Gasteiger partial charge in [-0.1, -0.05) is 39.1 Å². The summed E-state index contributed by atoms with van der Waals surface area (Å²) in [4.78, 5) is -2.24. The second-order valence-corrected chi connectivity index (χ2v) is 4.97. The summed E-state index contributed by atoms with van der Waals surface area (Å²) in [6.45, 7) is 0. The van der Waals surface area contributed by atoms with Gasteiger partial charge >= 0.3 is 12.1 Å². The Labute approximate surface area is 112 Å². The molecule has 0 nitrogen and oxygen atoms in total. The van der Waals surface area contributed by atoms with Gasteiger partial charge in [-0.15, -0.1) is 0 Å². The Hall–Kier alpha value is -0.0700. The van der Waals surface area contributed by atoms with Crippen LogP contribution in [0.4, 0.5) is 22.0 Å². The summed E-state index contributed by atoms with van der Waals surface area (Å²) in [6.07, 6.45) is -5.66. The van der Waals surface area contributed by atoms with Crippen molar-refractivity contribution in [3.63, 3.8) is 0 Å². The number of rotatable bonds is 2. The van der Waals surface area contributed by atoms with Crippen LogP contribution in [0.1, 0.15) is 10.4 Å². The summed E-state index contributed by atoms with van der Waals surface area (Å²) in [5.74, 6) is -4.92. The minimum Gasteiger partial charge on any atom is -0.195 e. The molecule has 1 aromatic carbocycles. The normalized spacial score (nSPS) is 14.8. The highest BCUT2D eigenvalue weighted by Crippen LogP contribution is 2.49. The maximum Gasteiger partial charge on any atom is 0.454 e. The molecule has 17 heavy (non-hydrogen) atoms. The molecular weight excluding hydrogens is 354 g/mol. The third-order valence-corrected chi connectivity index (χ3v) is 3.41. The maximum absolute atomic E-state index is 13.0. The van der Waals surface area contributed by atoms with E-state index in [4.69, 9.17) is 23.2 Å². The van der Waals surface area contributed by atoms with E-state index in [1.54, 1.807) is 0 Å². The lowest BCUT2D eigenvalue weighted by molar-refractivity contribution is -0.281. The lowest BCUT2D eigenvalue weighted by Crippen LogP contribution is -2.39. The molecule has 0 bridgehead atoms.